The van der Waals surface area contributed by atoms with Crippen LogP contribution in [0.2, 0.25) is 0 Å². The van der Waals surface area contributed by atoms with Crippen LogP contribution in [0.4, 0.5) is 0 Å². The maximum Gasteiger partial charge on any atom is 0.254 e. The van der Waals surface area contributed by atoms with Gasteiger partial charge < -0.3 is 19.1 Å². The summed E-state index contributed by atoms with van der Waals surface area (Å²) in [5.74, 6) is 2.15. The number of methoxy groups -OCH3 is 2. The third kappa shape index (κ3) is 4.75. The first-order valence-corrected chi connectivity index (χ1v) is 9.60. The van der Waals surface area contributed by atoms with Crippen molar-refractivity contribution < 1.29 is 19.0 Å². The number of carbonyl (C=O) groups excluding carboxylic acids is 1. The van der Waals surface area contributed by atoms with Gasteiger partial charge in [-0.25, -0.2) is 0 Å². The molecule has 1 fully saturated rings. The third-order valence-corrected chi connectivity index (χ3v) is 4.94. The number of amides is 1. The van der Waals surface area contributed by atoms with E-state index in [9.17, 15) is 4.79 Å². The fourth-order valence-electron chi connectivity index (χ4n) is 3.36. The zero-order valence-corrected chi connectivity index (χ0v) is 16.8. The van der Waals surface area contributed by atoms with E-state index in [1.807, 2.05) is 24.0 Å². The topological polar surface area (TPSA) is 51.2 Å². The Hall–Kier alpha value is -2.73. The SMILES string of the molecule is CCOc1ccc(C(=O)N2CCN(Cc3ccc(OC)cc3)CC2)cc1OC. The van der Waals surface area contributed by atoms with Gasteiger partial charge in [0.05, 0.1) is 20.8 Å². The first-order chi connectivity index (χ1) is 13.6. The summed E-state index contributed by atoms with van der Waals surface area (Å²) in [5, 5.41) is 0. The first-order valence-electron chi connectivity index (χ1n) is 9.60. The first kappa shape index (κ1) is 20.0. The number of ether oxygens (including phenoxy) is 3. The molecule has 0 radical (unpaired) electrons. The number of hydrogen-bond acceptors (Lipinski definition) is 5. The number of nitrogens with zero attached hydrogens (tertiary/aromatic N) is 2. The van der Waals surface area contributed by atoms with Gasteiger partial charge in [0, 0.05) is 38.3 Å². The van der Waals surface area contributed by atoms with Gasteiger partial charge >= 0.3 is 0 Å². The van der Waals surface area contributed by atoms with Crippen LogP contribution in [-0.4, -0.2) is 62.7 Å². The van der Waals surface area contributed by atoms with Crippen LogP contribution in [-0.2, 0) is 6.54 Å². The molecule has 0 saturated carbocycles. The van der Waals surface area contributed by atoms with Crippen LogP contribution in [0, 0.1) is 0 Å². The van der Waals surface area contributed by atoms with Crippen molar-refractivity contribution >= 4 is 5.91 Å². The summed E-state index contributed by atoms with van der Waals surface area (Å²) in [4.78, 5) is 17.1. The van der Waals surface area contributed by atoms with Crippen molar-refractivity contribution in [1.82, 2.24) is 9.80 Å². The van der Waals surface area contributed by atoms with Gasteiger partial charge in [-0.05, 0) is 42.8 Å². The van der Waals surface area contributed by atoms with Gasteiger partial charge in [-0.15, -0.1) is 0 Å². The molecular weight excluding hydrogens is 356 g/mol. The second-order valence-corrected chi connectivity index (χ2v) is 6.72. The summed E-state index contributed by atoms with van der Waals surface area (Å²) in [6.45, 7) is 6.49. The molecule has 0 spiro atoms. The summed E-state index contributed by atoms with van der Waals surface area (Å²) in [6, 6.07) is 13.5. The zero-order valence-electron chi connectivity index (χ0n) is 16.8. The van der Waals surface area contributed by atoms with Crippen molar-refractivity contribution in [3.8, 4) is 17.2 Å². The number of carbonyl (C=O) groups is 1. The van der Waals surface area contributed by atoms with Gasteiger partial charge in [0.1, 0.15) is 5.75 Å². The fraction of sp³-hybridized carbons (Fsp3) is 0.409. The quantitative estimate of drug-likeness (QED) is 0.734. The number of rotatable bonds is 7. The molecule has 1 saturated heterocycles. The van der Waals surface area contributed by atoms with E-state index in [2.05, 4.69) is 17.0 Å². The molecule has 0 aromatic heterocycles. The van der Waals surface area contributed by atoms with E-state index in [0.717, 1.165) is 25.4 Å². The highest BCUT2D eigenvalue weighted by molar-refractivity contribution is 5.95. The molecule has 1 aliphatic rings. The van der Waals surface area contributed by atoms with Gasteiger partial charge in [0.25, 0.3) is 5.91 Å². The Balaban J connectivity index is 1.57. The summed E-state index contributed by atoms with van der Waals surface area (Å²) >= 11 is 0. The molecule has 2 aromatic carbocycles. The molecule has 0 unspecified atom stereocenters. The minimum absolute atomic E-state index is 0.0328. The molecule has 28 heavy (non-hydrogen) atoms. The molecule has 6 nitrogen and oxygen atoms in total. The third-order valence-electron chi connectivity index (χ3n) is 4.94. The minimum Gasteiger partial charge on any atom is -0.497 e. The van der Waals surface area contributed by atoms with Crippen LogP contribution in [0.3, 0.4) is 0 Å². The second kappa shape index (κ2) is 9.46. The molecule has 1 aliphatic heterocycles. The number of benzene rings is 2. The molecule has 0 atom stereocenters. The number of hydrogen-bond donors (Lipinski definition) is 0. The number of piperazine rings is 1. The Morgan fingerprint density at radius 3 is 2.25 bits per heavy atom. The summed E-state index contributed by atoms with van der Waals surface area (Å²) in [7, 11) is 3.26. The van der Waals surface area contributed by atoms with Crippen LogP contribution in [0.1, 0.15) is 22.8 Å². The van der Waals surface area contributed by atoms with Gasteiger partial charge in [-0.1, -0.05) is 12.1 Å². The second-order valence-electron chi connectivity index (χ2n) is 6.72. The van der Waals surface area contributed by atoms with Gasteiger partial charge in [-0.2, -0.15) is 0 Å². The average molecular weight is 384 g/mol. The highest BCUT2D eigenvalue weighted by Gasteiger charge is 2.23. The molecule has 1 amide bonds. The minimum atomic E-state index is 0.0328. The van der Waals surface area contributed by atoms with Gasteiger partial charge in [0.15, 0.2) is 11.5 Å². The van der Waals surface area contributed by atoms with Crippen molar-refractivity contribution in [2.24, 2.45) is 0 Å². The van der Waals surface area contributed by atoms with Crippen LogP contribution in [0.5, 0.6) is 17.2 Å². The largest absolute Gasteiger partial charge is 0.497 e. The van der Waals surface area contributed by atoms with E-state index in [1.165, 1.54) is 5.56 Å². The molecule has 150 valence electrons. The Bertz CT molecular complexity index is 784. The standard InChI is InChI=1S/C22H28N2O4/c1-4-28-20-10-7-18(15-21(20)27-3)22(25)24-13-11-23(12-14-24)16-17-5-8-19(26-2)9-6-17/h5-10,15H,4,11-14,16H2,1-3H3. The van der Waals surface area contributed by atoms with Crippen LogP contribution < -0.4 is 14.2 Å². The van der Waals surface area contributed by atoms with Crippen molar-refractivity contribution in [3.63, 3.8) is 0 Å². The Kier molecular flexibility index (Phi) is 6.76. The molecule has 2 aromatic rings. The summed E-state index contributed by atoms with van der Waals surface area (Å²) in [6.07, 6.45) is 0. The maximum atomic E-state index is 12.9. The predicted molar refractivity (Wildman–Crippen MR) is 108 cm³/mol. The van der Waals surface area contributed by atoms with E-state index in [1.54, 1.807) is 32.4 Å². The van der Waals surface area contributed by atoms with E-state index >= 15 is 0 Å². The monoisotopic (exact) mass is 384 g/mol. The van der Waals surface area contributed by atoms with E-state index in [-0.39, 0.29) is 5.91 Å². The van der Waals surface area contributed by atoms with E-state index in [4.69, 9.17) is 14.2 Å². The van der Waals surface area contributed by atoms with Crippen molar-refractivity contribution in [3.05, 3.63) is 53.6 Å². The smallest absolute Gasteiger partial charge is 0.254 e. The highest BCUT2D eigenvalue weighted by Crippen LogP contribution is 2.28. The van der Waals surface area contributed by atoms with E-state index in [0.29, 0.717) is 36.8 Å². The van der Waals surface area contributed by atoms with Gasteiger partial charge in [-0.3, -0.25) is 9.69 Å². The molecular formula is C22H28N2O4. The normalized spacial score (nSPS) is 14.6. The molecule has 0 N–H and O–H groups in total. The zero-order chi connectivity index (χ0) is 19.9. The average Bonchev–Trinajstić information content (AvgIpc) is 2.75. The van der Waals surface area contributed by atoms with Crippen LogP contribution in [0.15, 0.2) is 42.5 Å². The van der Waals surface area contributed by atoms with Crippen molar-refractivity contribution in [1.29, 1.82) is 0 Å². The predicted octanol–water partition coefficient (Wildman–Crippen LogP) is 3.06. The Morgan fingerprint density at radius 1 is 0.929 bits per heavy atom. The summed E-state index contributed by atoms with van der Waals surface area (Å²) < 4.78 is 16.1. The van der Waals surface area contributed by atoms with Crippen LogP contribution >= 0.6 is 0 Å². The molecule has 0 aliphatic carbocycles. The summed E-state index contributed by atoms with van der Waals surface area (Å²) in [5.41, 5.74) is 1.88. The van der Waals surface area contributed by atoms with E-state index < -0.39 is 0 Å². The molecule has 1 heterocycles. The van der Waals surface area contributed by atoms with Gasteiger partial charge in [0.2, 0.25) is 0 Å². The fourth-order valence-corrected chi connectivity index (χ4v) is 3.36. The Labute approximate surface area is 166 Å². The lowest BCUT2D eigenvalue weighted by molar-refractivity contribution is 0.0628. The lowest BCUT2D eigenvalue weighted by Gasteiger charge is -2.35. The van der Waals surface area contributed by atoms with Crippen molar-refractivity contribution in [2.75, 3.05) is 47.0 Å². The lowest BCUT2D eigenvalue weighted by Crippen LogP contribution is -2.48. The highest BCUT2D eigenvalue weighted by atomic mass is 16.5. The molecule has 0 bridgehead atoms. The van der Waals surface area contributed by atoms with Crippen LogP contribution in [0.25, 0.3) is 0 Å². The molecule has 3 rings (SSSR count). The van der Waals surface area contributed by atoms with Crippen molar-refractivity contribution in [2.45, 2.75) is 13.5 Å². The lowest BCUT2D eigenvalue weighted by atomic mass is 10.1. The Morgan fingerprint density at radius 2 is 1.64 bits per heavy atom. The molecule has 6 heteroatoms. The maximum absolute atomic E-state index is 12.9.